The summed E-state index contributed by atoms with van der Waals surface area (Å²) in [6.45, 7) is 1.80. The van der Waals surface area contributed by atoms with Crippen LogP contribution in [0.4, 0.5) is 11.4 Å². The molecule has 1 saturated heterocycles. The number of methoxy groups -OCH3 is 2. The van der Waals surface area contributed by atoms with Gasteiger partial charge in [0.25, 0.3) is 11.7 Å². The zero-order chi connectivity index (χ0) is 27.0. The largest absolute Gasteiger partial charge is 0.507 e. The van der Waals surface area contributed by atoms with Gasteiger partial charge in [0.1, 0.15) is 17.3 Å². The number of aryl methyl sites for hydroxylation is 1. The third-order valence-electron chi connectivity index (χ3n) is 6.23. The smallest absolute Gasteiger partial charge is 0.300 e. The fourth-order valence-corrected chi connectivity index (χ4v) is 5.03. The Morgan fingerprint density at radius 1 is 0.946 bits per heavy atom. The summed E-state index contributed by atoms with van der Waals surface area (Å²) in [5, 5.41) is 12.1. The standard InChI is InChI=1S/C28H26Cl2N2O5/c1-15-12-19(27(37-5)21(30)13-15)25(33)23-24(16-6-8-17(9-7-16)31(2)3)32(28(35)26(23)34)18-10-11-22(36-4)20(29)14-18/h6-14,24,33H,1-5H3/b25-23+. The first-order valence-electron chi connectivity index (χ1n) is 11.3. The van der Waals surface area contributed by atoms with Crippen LogP contribution >= 0.6 is 23.2 Å². The Morgan fingerprint density at radius 3 is 2.19 bits per heavy atom. The predicted octanol–water partition coefficient (Wildman–Crippen LogP) is 6.01. The predicted molar refractivity (Wildman–Crippen MR) is 146 cm³/mol. The first-order valence-corrected chi connectivity index (χ1v) is 12.1. The van der Waals surface area contributed by atoms with Crippen molar-refractivity contribution < 1.29 is 24.2 Å². The number of carbonyl (C=O) groups excluding carboxylic acids is 2. The van der Waals surface area contributed by atoms with Crippen LogP contribution < -0.4 is 19.3 Å². The number of nitrogens with zero attached hydrogens (tertiary/aromatic N) is 2. The van der Waals surface area contributed by atoms with E-state index < -0.39 is 17.7 Å². The van der Waals surface area contributed by atoms with Crippen LogP contribution in [0.25, 0.3) is 5.76 Å². The molecular weight excluding hydrogens is 515 g/mol. The monoisotopic (exact) mass is 540 g/mol. The van der Waals surface area contributed by atoms with Crippen molar-refractivity contribution in [2.45, 2.75) is 13.0 Å². The van der Waals surface area contributed by atoms with Crippen LogP contribution in [0.5, 0.6) is 11.5 Å². The molecule has 0 aliphatic carbocycles. The fourth-order valence-electron chi connectivity index (χ4n) is 4.43. The number of hydrogen-bond donors (Lipinski definition) is 1. The molecule has 0 saturated carbocycles. The van der Waals surface area contributed by atoms with Crippen LogP contribution in [0.3, 0.4) is 0 Å². The third kappa shape index (κ3) is 4.72. The lowest BCUT2D eigenvalue weighted by Crippen LogP contribution is -2.29. The van der Waals surface area contributed by atoms with Crippen molar-refractivity contribution in [1.82, 2.24) is 0 Å². The molecule has 1 aliphatic heterocycles. The molecule has 0 bridgehead atoms. The van der Waals surface area contributed by atoms with Gasteiger partial charge in [-0.1, -0.05) is 35.3 Å². The molecule has 7 nitrogen and oxygen atoms in total. The van der Waals surface area contributed by atoms with Crippen molar-refractivity contribution in [3.8, 4) is 11.5 Å². The van der Waals surface area contributed by atoms with Gasteiger partial charge in [-0.15, -0.1) is 0 Å². The van der Waals surface area contributed by atoms with Gasteiger partial charge in [-0.05, 0) is 60.5 Å². The third-order valence-corrected chi connectivity index (χ3v) is 6.81. The Balaban J connectivity index is 1.99. The summed E-state index contributed by atoms with van der Waals surface area (Å²) in [5.74, 6) is -1.41. The molecule has 0 spiro atoms. The summed E-state index contributed by atoms with van der Waals surface area (Å²) < 4.78 is 10.7. The van der Waals surface area contributed by atoms with Gasteiger partial charge in [0.15, 0.2) is 0 Å². The Labute approximate surface area is 225 Å². The summed E-state index contributed by atoms with van der Waals surface area (Å²) >= 11 is 12.7. The van der Waals surface area contributed by atoms with E-state index in [1.165, 1.54) is 19.1 Å². The van der Waals surface area contributed by atoms with E-state index >= 15 is 0 Å². The fraction of sp³-hybridized carbons (Fsp3) is 0.214. The number of aliphatic hydroxyl groups excluding tert-OH is 1. The maximum Gasteiger partial charge on any atom is 0.300 e. The number of Topliss-reactive ketones (excluding diaryl/α,β-unsaturated/α-hetero) is 1. The number of aliphatic hydroxyl groups is 1. The molecule has 1 aliphatic rings. The maximum atomic E-state index is 13.5. The molecule has 1 amide bonds. The lowest BCUT2D eigenvalue weighted by Gasteiger charge is -2.26. The number of hydrogen-bond acceptors (Lipinski definition) is 6. The van der Waals surface area contributed by atoms with Gasteiger partial charge in [0, 0.05) is 25.5 Å². The number of ketones is 1. The molecular formula is C28H26Cl2N2O5. The molecule has 0 aromatic heterocycles. The molecule has 1 atom stereocenters. The number of rotatable bonds is 6. The highest BCUT2D eigenvalue weighted by atomic mass is 35.5. The second kappa shape index (κ2) is 10.4. The SMILES string of the molecule is COc1ccc(N2C(=O)C(=O)/C(=C(/O)c3cc(C)cc(Cl)c3OC)C2c2ccc(N(C)C)cc2)cc1Cl. The summed E-state index contributed by atoms with van der Waals surface area (Å²) in [4.78, 5) is 30.2. The molecule has 9 heteroatoms. The Morgan fingerprint density at radius 2 is 1.62 bits per heavy atom. The molecule has 1 fully saturated rings. The molecule has 1 heterocycles. The van der Waals surface area contributed by atoms with Crippen LogP contribution in [0.2, 0.25) is 10.0 Å². The lowest BCUT2D eigenvalue weighted by molar-refractivity contribution is -0.132. The molecule has 1 unspecified atom stereocenters. The van der Waals surface area contributed by atoms with Gasteiger partial charge in [-0.2, -0.15) is 0 Å². The first-order chi connectivity index (χ1) is 17.6. The number of benzene rings is 3. The van der Waals surface area contributed by atoms with Crippen LogP contribution in [0.1, 0.15) is 22.7 Å². The summed E-state index contributed by atoms with van der Waals surface area (Å²) in [5.41, 5.74) is 2.80. The van der Waals surface area contributed by atoms with Crippen molar-refractivity contribution in [3.05, 3.63) is 86.9 Å². The van der Waals surface area contributed by atoms with Crippen molar-refractivity contribution in [2.75, 3.05) is 38.1 Å². The Bertz CT molecular complexity index is 1420. The van der Waals surface area contributed by atoms with Crippen LogP contribution in [0.15, 0.2) is 60.2 Å². The number of anilines is 2. The first kappa shape index (κ1) is 26.4. The van der Waals surface area contributed by atoms with E-state index in [1.54, 1.807) is 37.3 Å². The lowest BCUT2D eigenvalue weighted by atomic mass is 9.94. The van der Waals surface area contributed by atoms with Gasteiger partial charge in [-0.25, -0.2) is 0 Å². The maximum absolute atomic E-state index is 13.5. The Hall–Kier alpha value is -3.68. The number of amides is 1. The molecule has 0 radical (unpaired) electrons. The van der Waals surface area contributed by atoms with Crippen LogP contribution in [-0.4, -0.2) is 45.1 Å². The zero-order valence-corrected chi connectivity index (χ0v) is 22.5. The van der Waals surface area contributed by atoms with E-state index in [9.17, 15) is 14.7 Å². The summed E-state index contributed by atoms with van der Waals surface area (Å²) in [6.07, 6.45) is 0. The minimum absolute atomic E-state index is 0.0884. The molecule has 3 aromatic carbocycles. The number of ether oxygens (including phenoxy) is 2. The number of carbonyl (C=O) groups is 2. The van der Waals surface area contributed by atoms with Crippen molar-refractivity contribution in [2.24, 2.45) is 0 Å². The second-order valence-electron chi connectivity index (χ2n) is 8.80. The topological polar surface area (TPSA) is 79.3 Å². The summed E-state index contributed by atoms with van der Waals surface area (Å²) in [6, 6.07) is 14.6. The molecule has 37 heavy (non-hydrogen) atoms. The Kier molecular flexibility index (Phi) is 7.39. The summed E-state index contributed by atoms with van der Waals surface area (Å²) in [7, 11) is 6.73. The van der Waals surface area contributed by atoms with E-state index in [4.69, 9.17) is 32.7 Å². The highest BCUT2D eigenvalue weighted by Gasteiger charge is 2.47. The highest BCUT2D eigenvalue weighted by molar-refractivity contribution is 6.52. The van der Waals surface area contributed by atoms with Crippen LogP contribution in [0, 0.1) is 6.92 Å². The van der Waals surface area contributed by atoms with Gasteiger partial charge in [0.2, 0.25) is 0 Å². The molecule has 192 valence electrons. The molecule has 1 N–H and O–H groups in total. The van der Waals surface area contributed by atoms with Crippen molar-refractivity contribution in [3.63, 3.8) is 0 Å². The minimum atomic E-state index is -0.940. The van der Waals surface area contributed by atoms with Gasteiger partial charge in [-0.3, -0.25) is 14.5 Å². The highest BCUT2D eigenvalue weighted by Crippen LogP contribution is 2.45. The van der Waals surface area contributed by atoms with Gasteiger partial charge >= 0.3 is 0 Å². The van der Waals surface area contributed by atoms with Crippen molar-refractivity contribution >= 4 is 52.0 Å². The normalized spacial score (nSPS) is 16.7. The van der Waals surface area contributed by atoms with E-state index in [0.717, 1.165) is 11.3 Å². The minimum Gasteiger partial charge on any atom is -0.507 e. The van der Waals surface area contributed by atoms with Gasteiger partial charge in [0.05, 0.1) is 41.4 Å². The number of halogens is 2. The second-order valence-corrected chi connectivity index (χ2v) is 9.62. The quantitative estimate of drug-likeness (QED) is 0.234. The average molecular weight is 541 g/mol. The van der Waals surface area contributed by atoms with E-state index in [1.807, 2.05) is 43.3 Å². The van der Waals surface area contributed by atoms with E-state index in [-0.39, 0.29) is 32.7 Å². The van der Waals surface area contributed by atoms with Gasteiger partial charge < -0.3 is 19.5 Å². The zero-order valence-electron chi connectivity index (χ0n) is 21.0. The average Bonchev–Trinajstić information content (AvgIpc) is 3.13. The van der Waals surface area contributed by atoms with Crippen LogP contribution in [-0.2, 0) is 9.59 Å². The molecule has 4 rings (SSSR count). The van der Waals surface area contributed by atoms with Crippen molar-refractivity contribution in [1.29, 1.82) is 0 Å². The molecule has 3 aromatic rings. The van der Waals surface area contributed by atoms with E-state index in [2.05, 4.69) is 0 Å². The van der Waals surface area contributed by atoms with E-state index in [0.29, 0.717) is 17.0 Å².